The van der Waals surface area contributed by atoms with E-state index in [0.29, 0.717) is 21.1 Å². The maximum absolute atomic E-state index is 12.4. The molecule has 2 aromatic heterocycles. The number of hydrogen-bond donors (Lipinski definition) is 2. The molecule has 0 spiro atoms. The molecular weight excluding hydrogens is 420 g/mol. The van der Waals surface area contributed by atoms with Crippen LogP contribution in [0.1, 0.15) is 39.3 Å². The van der Waals surface area contributed by atoms with E-state index in [0.717, 1.165) is 17.8 Å². The lowest BCUT2D eigenvalue weighted by Crippen LogP contribution is -2.14. The molecule has 0 saturated carbocycles. The van der Waals surface area contributed by atoms with Gasteiger partial charge >= 0.3 is 0 Å². The molecule has 0 radical (unpaired) electrons. The van der Waals surface area contributed by atoms with Crippen LogP contribution in [0, 0.1) is 0 Å². The number of nitrogens with zero attached hydrogens (tertiary/aromatic N) is 2. The first-order valence-electron chi connectivity index (χ1n) is 7.85. The number of aromatic nitrogens is 2. The van der Waals surface area contributed by atoms with Crippen LogP contribution < -0.4 is 10.6 Å². The first-order chi connectivity index (χ1) is 12.5. The summed E-state index contributed by atoms with van der Waals surface area (Å²) >= 11 is 4.50. The maximum Gasteiger partial charge on any atom is 0.291 e. The maximum atomic E-state index is 12.4. The predicted octanol–water partition coefficient (Wildman–Crippen LogP) is 4.35. The molecule has 1 aromatic carbocycles. The number of furan rings is 1. The van der Waals surface area contributed by atoms with Gasteiger partial charge in [-0.1, -0.05) is 24.3 Å². The van der Waals surface area contributed by atoms with Crippen molar-refractivity contribution in [1.82, 2.24) is 10.2 Å². The number of rotatable bonds is 6. The third-order valence-electron chi connectivity index (χ3n) is 3.33. The number of amides is 2. The molecular formula is C17H15BrN4O3S. The molecule has 26 heavy (non-hydrogen) atoms. The van der Waals surface area contributed by atoms with Crippen molar-refractivity contribution < 1.29 is 14.0 Å². The second-order valence-electron chi connectivity index (χ2n) is 5.34. The van der Waals surface area contributed by atoms with E-state index in [4.69, 9.17) is 4.42 Å². The van der Waals surface area contributed by atoms with Crippen LogP contribution in [0.25, 0.3) is 0 Å². The lowest BCUT2D eigenvalue weighted by Gasteiger charge is -2.06. The molecule has 3 rings (SSSR count). The van der Waals surface area contributed by atoms with Crippen molar-refractivity contribution in [2.24, 2.45) is 0 Å². The average Bonchev–Trinajstić information content (AvgIpc) is 3.24. The minimum absolute atomic E-state index is 0.170. The summed E-state index contributed by atoms with van der Waals surface area (Å²) in [6, 6.07) is 9.80. The summed E-state index contributed by atoms with van der Waals surface area (Å²) < 4.78 is 5.68. The van der Waals surface area contributed by atoms with Crippen LogP contribution >= 0.6 is 27.3 Å². The molecule has 0 aliphatic carbocycles. The van der Waals surface area contributed by atoms with Crippen molar-refractivity contribution in [2.45, 2.75) is 19.8 Å². The Balaban J connectivity index is 1.67. The Morgan fingerprint density at radius 1 is 1.15 bits per heavy atom. The number of benzene rings is 1. The highest BCUT2D eigenvalue weighted by Crippen LogP contribution is 2.19. The van der Waals surface area contributed by atoms with Crippen molar-refractivity contribution in [2.75, 3.05) is 10.6 Å². The SMILES string of the molecule is CCCc1nnc(NC(=O)c2cccc(NC(=O)c3ccc(Br)o3)c2)s1. The Morgan fingerprint density at radius 3 is 2.73 bits per heavy atom. The third-order valence-corrected chi connectivity index (χ3v) is 4.66. The van der Waals surface area contributed by atoms with Gasteiger partial charge in [0.1, 0.15) is 5.01 Å². The highest BCUT2D eigenvalue weighted by atomic mass is 79.9. The standard InChI is InChI=1S/C17H15BrN4O3S/c1-2-4-14-21-22-17(26-14)20-15(23)10-5-3-6-11(9-10)19-16(24)12-7-8-13(18)25-12/h3,5-9H,2,4H2,1H3,(H,19,24)(H,20,22,23). The molecule has 7 nitrogen and oxygen atoms in total. The lowest BCUT2D eigenvalue weighted by atomic mass is 10.2. The topological polar surface area (TPSA) is 97.1 Å². The van der Waals surface area contributed by atoms with E-state index in [1.54, 1.807) is 36.4 Å². The molecule has 0 bridgehead atoms. The van der Waals surface area contributed by atoms with E-state index in [1.807, 2.05) is 0 Å². The number of hydrogen-bond acceptors (Lipinski definition) is 6. The fraction of sp³-hybridized carbons (Fsp3) is 0.176. The zero-order chi connectivity index (χ0) is 18.5. The number of carbonyl (C=O) groups is 2. The number of carbonyl (C=O) groups excluding carboxylic acids is 2. The quantitative estimate of drug-likeness (QED) is 0.600. The zero-order valence-electron chi connectivity index (χ0n) is 13.8. The Hall–Kier alpha value is -2.52. The molecule has 9 heteroatoms. The Morgan fingerprint density at radius 2 is 2.00 bits per heavy atom. The fourth-order valence-corrected chi connectivity index (χ4v) is 3.30. The molecule has 3 aromatic rings. The van der Waals surface area contributed by atoms with E-state index in [9.17, 15) is 9.59 Å². The van der Waals surface area contributed by atoms with E-state index in [2.05, 4.69) is 43.7 Å². The molecule has 0 atom stereocenters. The van der Waals surface area contributed by atoms with E-state index >= 15 is 0 Å². The Bertz CT molecular complexity index is 937. The normalized spacial score (nSPS) is 10.5. The number of nitrogens with one attached hydrogen (secondary N) is 2. The average molecular weight is 435 g/mol. The van der Waals surface area contributed by atoms with Crippen molar-refractivity contribution in [3.63, 3.8) is 0 Å². The van der Waals surface area contributed by atoms with Gasteiger partial charge in [0.25, 0.3) is 11.8 Å². The van der Waals surface area contributed by atoms with Crippen LogP contribution in [-0.4, -0.2) is 22.0 Å². The minimum atomic E-state index is -0.401. The van der Waals surface area contributed by atoms with Gasteiger partial charge in [0.15, 0.2) is 10.4 Å². The first kappa shape index (κ1) is 18.3. The second-order valence-corrected chi connectivity index (χ2v) is 7.19. The van der Waals surface area contributed by atoms with Crippen molar-refractivity contribution in [1.29, 1.82) is 0 Å². The van der Waals surface area contributed by atoms with Gasteiger partial charge < -0.3 is 9.73 Å². The third kappa shape index (κ3) is 4.55. The number of halogens is 1. The van der Waals surface area contributed by atoms with Crippen LogP contribution in [-0.2, 0) is 6.42 Å². The van der Waals surface area contributed by atoms with Crippen LogP contribution in [0.3, 0.4) is 0 Å². The monoisotopic (exact) mass is 434 g/mol. The summed E-state index contributed by atoms with van der Waals surface area (Å²) in [5.74, 6) is -0.549. The first-order valence-corrected chi connectivity index (χ1v) is 9.46. The van der Waals surface area contributed by atoms with Gasteiger partial charge in [0.2, 0.25) is 5.13 Å². The van der Waals surface area contributed by atoms with Crippen molar-refractivity contribution >= 4 is 49.9 Å². The van der Waals surface area contributed by atoms with Gasteiger partial charge in [0, 0.05) is 17.7 Å². The lowest BCUT2D eigenvalue weighted by molar-refractivity contribution is 0.0992. The Kier molecular flexibility index (Phi) is 5.79. The van der Waals surface area contributed by atoms with Crippen LogP contribution in [0.5, 0.6) is 0 Å². The molecule has 2 amide bonds. The number of anilines is 2. The van der Waals surface area contributed by atoms with Crippen LogP contribution in [0.15, 0.2) is 45.5 Å². The van der Waals surface area contributed by atoms with E-state index in [-0.39, 0.29) is 11.7 Å². The summed E-state index contributed by atoms with van der Waals surface area (Å²) in [5.41, 5.74) is 0.884. The summed E-state index contributed by atoms with van der Waals surface area (Å²) in [6.45, 7) is 2.06. The smallest absolute Gasteiger partial charge is 0.291 e. The van der Waals surface area contributed by atoms with E-state index < -0.39 is 5.91 Å². The molecule has 0 unspecified atom stereocenters. The van der Waals surface area contributed by atoms with Gasteiger partial charge in [-0.3, -0.25) is 14.9 Å². The van der Waals surface area contributed by atoms with Crippen molar-refractivity contribution in [3.05, 3.63) is 57.4 Å². The van der Waals surface area contributed by atoms with Crippen molar-refractivity contribution in [3.8, 4) is 0 Å². The van der Waals surface area contributed by atoms with Gasteiger partial charge in [-0.25, -0.2) is 0 Å². The summed E-state index contributed by atoms with van der Waals surface area (Å²) in [4.78, 5) is 24.5. The molecule has 0 fully saturated rings. The molecule has 0 aliphatic heterocycles. The van der Waals surface area contributed by atoms with Gasteiger partial charge in [-0.05, 0) is 52.7 Å². The largest absolute Gasteiger partial charge is 0.444 e. The minimum Gasteiger partial charge on any atom is -0.444 e. The molecule has 2 heterocycles. The highest BCUT2D eigenvalue weighted by molar-refractivity contribution is 9.10. The second kappa shape index (κ2) is 8.24. The van der Waals surface area contributed by atoms with E-state index in [1.165, 1.54) is 11.3 Å². The predicted molar refractivity (Wildman–Crippen MR) is 103 cm³/mol. The van der Waals surface area contributed by atoms with Gasteiger partial charge in [-0.15, -0.1) is 10.2 Å². The summed E-state index contributed by atoms with van der Waals surface area (Å²) in [7, 11) is 0. The molecule has 0 saturated heterocycles. The number of aryl methyl sites for hydroxylation is 1. The Labute approximate surface area is 162 Å². The molecule has 2 N–H and O–H groups in total. The fourth-order valence-electron chi connectivity index (χ4n) is 2.16. The molecule has 0 aliphatic rings. The highest BCUT2D eigenvalue weighted by Gasteiger charge is 2.13. The summed E-state index contributed by atoms with van der Waals surface area (Å²) in [6.07, 6.45) is 1.80. The molecule has 134 valence electrons. The zero-order valence-corrected chi connectivity index (χ0v) is 16.2. The van der Waals surface area contributed by atoms with Crippen LogP contribution in [0.2, 0.25) is 0 Å². The van der Waals surface area contributed by atoms with Gasteiger partial charge in [0.05, 0.1) is 0 Å². The van der Waals surface area contributed by atoms with Crippen LogP contribution in [0.4, 0.5) is 10.8 Å². The summed E-state index contributed by atoms with van der Waals surface area (Å²) in [5, 5.41) is 14.7. The van der Waals surface area contributed by atoms with Gasteiger partial charge in [-0.2, -0.15) is 0 Å².